The van der Waals surface area contributed by atoms with Crippen LogP contribution in [0.1, 0.15) is 0 Å². The zero-order valence-electron chi connectivity index (χ0n) is 8.58. The van der Waals surface area contributed by atoms with Crippen molar-refractivity contribution >= 4 is 40.5 Å². The Hall–Kier alpha value is -1.09. The fourth-order valence-corrected chi connectivity index (χ4v) is 2.07. The van der Waals surface area contributed by atoms with Gasteiger partial charge in [0.2, 0.25) is 0 Å². The van der Waals surface area contributed by atoms with Crippen molar-refractivity contribution < 1.29 is 4.74 Å². The Morgan fingerprint density at radius 2 is 1.47 bits per heavy atom. The first kappa shape index (κ1) is 12.4. The molecule has 0 aliphatic carbocycles. The van der Waals surface area contributed by atoms with E-state index in [0.717, 1.165) is 0 Å². The van der Waals surface area contributed by atoms with Crippen LogP contribution < -0.4 is 10.5 Å². The number of rotatable bonds is 2. The third-order valence-electron chi connectivity index (χ3n) is 2.07. The number of halogens is 3. The third-order valence-corrected chi connectivity index (χ3v) is 2.94. The number of anilines is 1. The van der Waals surface area contributed by atoms with Crippen LogP contribution in [-0.4, -0.2) is 0 Å². The standard InChI is InChI=1S/C12H8Cl3NO/c13-8-3-1-2-4-11(8)17-12-9(14)5-7(16)6-10(12)15/h1-6H,16H2. The average Bonchev–Trinajstić information content (AvgIpc) is 2.25. The Morgan fingerprint density at radius 3 is 2.06 bits per heavy atom. The minimum atomic E-state index is 0.343. The van der Waals surface area contributed by atoms with Gasteiger partial charge in [-0.05, 0) is 24.3 Å². The molecule has 0 aliphatic rings. The summed E-state index contributed by atoms with van der Waals surface area (Å²) in [7, 11) is 0. The third kappa shape index (κ3) is 2.78. The Bertz CT molecular complexity index is 534. The maximum atomic E-state index is 6.00. The highest BCUT2D eigenvalue weighted by atomic mass is 35.5. The van der Waals surface area contributed by atoms with E-state index >= 15 is 0 Å². The first-order chi connectivity index (χ1) is 8.08. The van der Waals surface area contributed by atoms with Gasteiger partial charge in [0.15, 0.2) is 5.75 Å². The molecule has 2 aromatic carbocycles. The van der Waals surface area contributed by atoms with Crippen LogP contribution in [0.25, 0.3) is 0 Å². The Balaban J connectivity index is 2.40. The van der Waals surface area contributed by atoms with Crippen molar-refractivity contribution in [2.24, 2.45) is 0 Å². The first-order valence-corrected chi connectivity index (χ1v) is 5.88. The van der Waals surface area contributed by atoms with Gasteiger partial charge >= 0.3 is 0 Å². The second-order valence-electron chi connectivity index (χ2n) is 3.35. The molecule has 2 nitrogen and oxygen atoms in total. The predicted molar refractivity (Wildman–Crippen MR) is 72.4 cm³/mol. The molecule has 5 heteroatoms. The van der Waals surface area contributed by atoms with Crippen molar-refractivity contribution in [3.63, 3.8) is 0 Å². The molecule has 0 fully saturated rings. The summed E-state index contributed by atoms with van der Waals surface area (Å²) in [4.78, 5) is 0. The summed E-state index contributed by atoms with van der Waals surface area (Å²) in [5.41, 5.74) is 6.08. The number of nitrogens with two attached hydrogens (primary N) is 1. The van der Waals surface area contributed by atoms with Gasteiger partial charge in [-0.3, -0.25) is 0 Å². The van der Waals surface area contributed by atoms with E-state index in [1.807, 2.05) is 0 Å². The topological polar surface area (TPSA) is 35.2 Å². The van der Waals surface area contributed by atoms with E-state index in [1.54, 1.807) is 36.4 Å². The van der Waals surface area contributed by atoms with E-state index in [1.165, 1.54) is 0 Å². The quantitative estimate of drug-likeness (QED) is 0.787. The van der Waals surface area contributed by atoms with Crippen LogP contribution in [0.2, 0.25) is 15.1 Å². The molecule has 0 heterocycles. The zero-order valence-corrected chi connectivity index (χ0v) is 10.9. The van der Waals surface area contributed by atoms with E-state index in [0.29, 0.717) is 32.3 Å². The van der Waals surface area contributed by atoms with Gasteiger partial charge in [-0.1, -0.05) is 46.9 Å². The van der Waals surface area contributed by atoms with Crippen molar-refractivity contribution in [3.8, 4) is 11.5 Å². The zero-order chi connectivity index (χ0) is 12.4. The Morgan fingerprint density at radius 1 is 0.882 bits per heavy atom. The van der Waals surface area contributed by atoms with Crippen LogP contribution in [0.3, 0.4) is 0 Å². The molecule has 0 saturated carbocycles. The number of hydrogen-bond donors (Lipinski definition) is 1. The predicted octanol–water partition coefficient (Wildman–Crippen LogP) is 5.02. The summed E-state index contributed by atoms with van der Waals surface area (Å²) in [6.07, 6.45) is 0. The van der Waals surface area contributed by atoms with Gasteiger partial charge < -0.3 is 10.5 Å². The van der Waals surface area contributed by atoms with Crippen molar-refractivity contribution in [2.75, 3.05) is 5.73 Å². The maximum Gasteiger partial charge on any atom is 0.164 e. The SMILES string of the molecule is Nc1cc(Cl)c(Oc2ccccc2Cl)c(Cl)c1. The summed E-state index contributed by atoms with van der Waals surface area (Å²) >= 11 is 18.0. The average molecular weight is 289 g/mol. The van der Waals surface area contributed by atoms with Gasteiger partial charge in [-0.25, -0.2) is 0 Å². The minimum Gasteiger partial charge on any atom is -0.453 e. The molecule has 0 spiro atoms. The molecule has 0 amide bonds. The van der Waals surface area contributed by atoms with Crippen LogP contribution in [0.5, 0.6) is 11.5 Å². The highest BCUT2D eigenvalue weighted by Gasteiger charge is 2.11. The number of ether oxygens (including phenoxy) is 1. The molecule has 2 rings (SSSR count). The van der Waals surface area contributed by atoms with Crippen LogP contribution in [0, 0.1) is 0 Å². The maximum absolute atomic E-state index is 6.00. The molecule has 0 aromatic heterocycles. The summed E-state index contributed by atoms with van der Waals surface area (Å²) in [6.45, 7) is 0. The van der Waals surface area contributed by atoms with E-state index in [4.69, 9.17) is 45.3 Å². The van der Waals surface area contributed by atoms with Gasteiger partial charge in [-0.15, -0.1) is 0 Å². The number of benzene rings is 2. The molecule has 0 unspecified atom stereocenters. The van der Waals surface area contributed by atoms with Crippen LogP contribution in [0.15, 0.2) is 36.4 Å². The Kier molecular flexibility index (Phi) is 3.67. The van der Waals surface area contributed by atoms with E-state index in [2.05, 4.69) is 0 Å². The number of hydrogen-bond acceptors (Lipinski definition) is 2. The lowest BCUT2D eigenvalue weighted by atomic mass is 10.3. The highest BCUT2D eigenvalue weighted by molar-refractivity contribution is 6.37. The summed E-state index contributed by atoms with van der Waals surface area (Å²) in [5, 5.41) is 1.17. The molecule has 2 aromatic rings. The second kappa shape index (κ2) is 5.05. The van der Waals surface area contributed by atoms with Crippen molar-refractivity contribution in [1.82, 2.24) is 0 Å². The van der Waals surface area contributed by atoms with Gasteiger partial charge in [0, 0.05) is 5.69 Å². The molecule has 88 valence electrons. The van der Waals surface area contributed by atoms with E-state index in [-0.39, 0.29) is 0 Å². The first-order valence-electron chi connectivity index (χ1n) is 4.75. The van der Waals surface area contributed by atoms with Crippen molar-refractivity contribution in [1.29, 1.82) is 0 Å². The molecule has 2 N–H and O–H groups in total. The molecule has 0 atom stereocenters. The molecule has 0 saturated heterocycles. The summed E-state index contributed by atoms with van der Waals surface area (Å²) in [6, 6.07) is 10.2. The van der Waals surface area contributed by atoms with Crippen molar-refractivity contribution in [3.05, 3.63) is 51.5 Å². The summed E-state index contributed by atoms with van der Waals surface area (Å²) < 4.78 is 5.57. The van der Waals surface area contributed by atoms with E-state index in [9.17, 15) is 0 Å². The lowest BCUT2D eigenvalue weighted by Crippen LogP contribution is -1.90. The fourth-order valence-electron chi connectivity index (χ4n) is 1.31. The van der Waals surface area contributed by atoms with Gasteiger partial charge in [0.1, 0.15) is 5.75 Å². The molecule has 0 radical (unpaired) electrons. The van der Waals surface area contributed by atoms with E-state index < -0.39 is 0 Å². The normalized spacial score (nSPS) is 10.3. The second-order valence-corrected chi connectivity index (χ2v) is 4.57. The summed E-state index contributed by atoms with van der Waals surface area (Å²) in [5.74, 6) is 0.832. The Labute approximate surface area is 114 Å². The molecule has 0 aliphatic heterocycles. The molecular weight excluding hydrogens is 280 g/mol. The number of nitrogen functional groups attached to an aromatic ring is 1. The van der Waals surface area contributed by atoms with Crippen LogP contribution in [0.4, 0.5) is 5.69 Å². The number of para-hydroxylation sites is 1. The van der Waals surface area contributed by atoms with Gasteiger partial charge in [0.25, 0.3) is 0 Å². The largest absolute Gasteiger partial charge is 0.453 e. The van der Waals surface area contributed by atoms with Crippen LogP contribution >= 0.6 is 34.8 Å². The molecular formula is C12H8Cl3NO. The minimum absolute atomic E-state index is 0.343. The lowest BCUT2D eigenvalue weighted by molar-refractivity contribution is 0.483. The van der Waals surface area contributed by atoms with Crippen molar-refractivity contribution in [2.45, 2.75) is 0 Å². The molecule has 0 bridgehead atoms. The van der Waals surface area contributed by atoms with Crippen LogP contribution in [-0.2, 0) is 0 Å². The monoisotopic (exact) mass is 287 g/mol. The fraction of sp³-hybridized carbons (Fsp3) is 0. The lowest BCUT2D eigenvalue weighted by Gasteiger charge is -2.11. The highest BCUT2D eigenvalue weighted by Crippen LogP contribution is 2.39. The smallest absolute Gasteiger partial charge is 0.164 e. The molecule has 17 heavy (non-hydrogen) atoms. The van der Waals surface area contributed by atoms with Gasteiger partial charge in [0.05, 0.1) is 15.1 Å². The van der Waals surface area contributed by atoms with Gasteiger partial charge in [-0.2, -0.15) is 0 Å².